The molecule has 0 radical (unpaired) electrons. The Labute approximate surface area is 167 Å². The third kappa shape index (κ3) is 6.49. The molecular formula is C21H22FNO4S. The minimum atomic E-state index is -0.606. The Morgan fingerprint density at radius 1 is 1.11 bits per heavy atom. The van der Waals surface area contributed by atoms with Crippen molar-refractivity contribution in [1.82, 2.24) is 0 Å². The maximum Gasteiger partial charge on any atom is 0.319 e. The Hall–Kier alpha value is -2.67. The van der Waals surface area contributed by atoms with Gasteiger partial charge in [0.15, 0.2) is 6.61 Å². The fraction of sp³-hybridized carbons (Fsp3) is 0.286. The summed E-state index contributed by atoms with van der Waals surface area (Å²) in [5, 5.41) is 2.01. The summed E-state index contributed by atoms with van der Waals surface area (Å²) in [6.07, 6.45) is 0. The van der Waals surface area contributed by atoms with Crippen molar-refractivity contribution in [3.05, 3.63) is 65.0 Å². The van der Waals surface area contributed by atoms with E-state index in [0.717, 1.165) is 22.9 Å². The predicted molar refractivity (Wildman–Crippen MR) is 108 cm³/mol. The summed E-state index contributed by atoms with van der Waals surface area (Å²) in [7, 11) is 0. The summed E-state index contributed by atoms with van der Waals surface area (Å²) >= 11 is 1.10. The van der Waals surface area contributed by atoms with Gasteiger partial charge in [0, 0.05) is 11.3 Å². The number of hydrogen-bond donors (Lipinski definition) is 1. The monoisotopic (exact) mass is 403 g/mol. The van der Waals surface area contributed by atoms with E-state index >= 15 is 0 Å². The number of rotatable bonds is 8. The number of hydrogen-bond acceptors (Lipinski definition) is 5. The third-order valence-electron chi connectivity index (χ3n) is 3.96. The van der Waals surface area contributed by atoms with Crippen LogP contribution in [-0.4, -0.2) is 35.3 Å². The van der Waals surface area contributed by atoms with Gasteiger partial charge in [-0.15, -0.1) is 11.8 Å². The molecule has 0 aliphatic heterocycles. The number of carbonyl (C=O) groups excluding carboxylic acids is 3. The van der Waals surface area contributed by atoms with E-state index in [0.29, 0.717) is 11.3 Å². The molecule has 0 saturated heterocycles. The van der Waals surface area contributed by atoms with E-state index in [2.05, 4.69) is 5.32 Å². The Morgan fingerprint density at radius 3 is 2.46 bits per heavy atom. The summed E-state index contributed by atoms with van der Waals surface area (Å²) < 4.78 is 18.0. The number of esters is 1. The average Bonchev–Trinajstić information content (AvgIpc) is 2.67. The zero-order valence-corrected chi connectivity index (χ0v) is 16.8. The van der Waals surface area contributed by atoms with Crippen molar-refractivity contribution in [3.8, 4) is 0 Å². The molecule has 2 rings (SSSR count). The Kier molecular flexibility index (Phi) is 7.75. The molecule has 0 saturated carbocycles. The van der Waals surface area contributed by atoms with Gasteiger partial charge in [0.1, 0.15) is 11.1 Å². The maximum absolute atomic E-state index is 12.9. The number of ether oxygens (including phenoxy) is 1. The molecule has 5 nitrogen and oxygen atoms in total. The van der Waals surface area contributed by atoms with Crippen LogP contribution in [0.3, 0.4) is 0 Å². The molecular weight excluding hydrogens is 381 g/mol. The van der Waals surface area contributed by atoms with Crippen LogP contribution in [0.1, 0.15) is 28.4 Å². The van der Waals surface area contributed by atoms with Crippen molar-refractivity contribution in [2.24, 2.45) is 0 Å². The molecule has 28 heavy (non-hydrogen) atoms. The van der Waals surface area contributed by atoms with Crippen molar-refractivity contribution in [2.45, 2.75) is 26.0 Å². The molecule has 1 amide bonds. The summed E-state index contributed by atoms with van der Waals surface area (Å²) in [5.74, 6) is -1.50. The molecule has 0 spiro atoms. The standard InChI is InChI=1S/C21H22FNO4S/c1-13-4-5-14(2)18(10-13)19(24)11-27-21(26)15(3)28-12-20(25)23-17-8-6-16(22)7-9-17/h4-10,15H,11-12H2,1-3H3,(H,23,25)/t15-/m0/s1. The van der Waals surface area contributed by atoms with Gasteiger partial charge in [-0.05, 0) is 56.7 Å². The first-order chi connectivity index (χ1) is 13.3. The number of halogens is 1. The lowest BCUT2D eigenvalue weighted by molar-refractivity contribution is -0.141. The van der Waals surface area contributed by atoms with Crippen LogP contribution in [0.5, 0.6) is 0 Å². The van der Waals surface area contributed by atoms with Crippen molar-refractivity contribution in [3.63, 3.8) is 0 Å². The largest absolute Gasteiger partial charge is 0.456 e. The number of ketones is 1. The molecule has 2 aromatic rings. The molecule has 0 unspecified atom stereocenters. The van der Waals surface area contributed by atoms with E-state index in [9.17, 15) is 18.8 Å². The molecule has 1 N–H and O–H groups in total. The van der Waals surface area contributed by atoms with Gasteiger partial charge in [0.05, 0.1) is 5.75 Å². The second kappa shape index (κ2) is 10.0. The van der Waals surface area contributed by atoms with Crippen LogP contribution in [0.4, 0.5) is 10.1 Å². The third-order valence-corrected chi connectivity index (χ3v) is 5.08. The number of nitrogens with one attached hydrogen (secondary N) is 1. The van der Waals surface area contributed by atoms with Crippen LogP contribution in [0.2, 0.25) is 0 Å². The SMILES string of the molecule is Cc1ccc(C)c(C(=O)COC(=O)[C@H](C)SCC(=O)Nc2ccc(F)cc2)c1. The number of aryl methyl sites for hydroxylation is 2. The number of thioether (sulfide) groups is 1. The average molecular weight is 403 g/mol. The molecule has 2 aromatic carbocycles. The highest BCUT2D eigenvalue weighted by Gasteiger charge is 2.19. The highest BCUT2D eigenvalue weighted by Crippen LogP contribution is 2.15. The molecule has 0 heterocycles. The Morgan fingerprint density at radius 2 is 1.79 bits per heavy atom. The van der Waals surface area contributed by atoms with Gasteiger partial charge < -0.3 is 10.1 Å². The van der Waals surface area contributed by atoms with Crippen LogP contribution in [0.25, 0.3) is 0 Å². The van der Waals surface area contributed by atoms with Crippen LogP contribution < -0.4 is 5.32 Å². The molecule has 0 fully saturated rings. The van der Waals surface area contributed by atoms with Gasteiger partial charge in [-0.1, -0.05) is 17.7 Å². The highest BCUT2D eigenvalue weighted by atomic mass is 32.2. The second-order valence-corrected chi connectivity index (χ2v) is 7.69. The first-order valence-electron chi connectivity index (χ1n) is 8.70. The van der Waals surface area contributed by atoms with E-state index in [1.54, 1.807) is 13.0 Å². The number of amides is 1. The minimum absolute atomic E-state index is 0.0264. The van der Waals surface area contributed by atoms with E-state index < -0.39 is 11.2 Å². The second-order valence-electron chi connectivity index (χ2n) is 6.36. The lowest BCUT2D eigenvalue weighted by atomic mass is 10.0. The topological polar surface area (TPSA) is 72.5 Å². The van der Waals surface area contributed by atoms with Crippen LogP contribution in [0.15, 0.2) is 42.5 Å². The molecule has 0 bridgehead atoms. The zero-order valence-electron chi connectivity index (χ0n) is 16.0. The molecule has 0 aliphatic rings. The van der Waals surface area contributed by atoms with Gasteiger partial charge in [0.25, 0.3) is 0 Å². The van der Waals surface area contributed by atoms with Crippen molar-refractivity contribution in [1.29, 1.82) is 0 Å². The predicted octanol–water partition coefficient (Wildman–Crippen LogP) is 3.93. The Balaban J connectivity index is 1.77. The van der Waals surface area contributed by atoms with Crippen LogP contribution in [0, 0.1) is 19.7 Å². The smallest absolute Gasteiger partial charge is 0.319 e. The lowest BCUT2D eigenvalue weighted by Gasteiger charge is -2.12. The summed E-state index contributed by atoms with van der Waals surface area (Å²) in [4.78, 5) is 36.2. The molecule has 0 aromatic heterocycles. The number of carbonyl (C=O) groups is 3. The molecule has 148 valence electrons. The minimum Gasteiger partial charge on any atom is -0.456 e. The van der Waals surface area contributed by atoms with E-state index in [1.807, 2.05) is 26.0 Å². The van der Waals surface area contributed by atoms with Crippen LogP contribution >= 0.6 is 11.8 Å². The summed E-state index contributed by atoms with van der Waals surface area (Å²) in [6, 6.07) is 10.9. The van der Waals surface area contributed by atoms with Gasteiger partial charge in [-0.3, -0.25) is 14.4 Å². The van der Waals surface area contributed by atoms with Crippen molar-refractivity contribution < 1.29 is 23.5 Å². The van der Waals surface area contributed by atoms with E-state index in [4.69, 9.17) is 4.74 Å². The van der Waals surface area contributed by atoms with Gasteiger partial charge in [-0.2, -0.15) is 0 Å². The van der Waals surface area contributed by atoms with Crippen molar-refractivity contribution in [2.75, 3.05) is 17.7 Å². The first kappa shape index (κ1) is 21.6. The van der Waals surface area contributed by atoms with Gasteiger partial charge in [-0.25, -0.2) is 4.39 Å². The van der Waals surface area contributed by atoms with Crippen molar-refractivity contribution >= 4 is 35.1 Å². The molecule has 0 aliphatic carbocycles. The Bertz CT molecular complexity index is 867. The normalized spacial score (nSPS) is 11.6. The first-order valence-corrected chi connectivity index (χ1v) is 9.75. The van der Waals surface area contributed by atoms with E-state index in [1.165, 1.54) is 24.3 Å². The number of Topliss-reactive ketones (excluding diaryl/α,β-unsaturated/α-hetero) is 1. The maximum atomic E-state index is 12.9. The lowest BCUT2D eigenvalue weighted by Crippen LogP contribution is -2.24. The highest BCUT2D eigenvalue weighted by molar-refractivity contribution is 8.01. The summed E-state index contributed by atoms with van der Waals surface area (Å²) in [5.41, 5.74) is 2.79. The van der Waals surface area contributed by atoms with E-state index in [-0.39, 0.29) is 29.9 Å². The van der Waals surface area contributed by atoms with Gasteiger partial charge >= 0.3 is 5.97 Å². The quantitative estimate of drug-likeness (QED) is 0.534. The molecule has 7 heteroatoms. The zero-order chi connectivity index (χ0) is 20.7. The number of benzene rings is 2. The van der Waals surface area contributed by atoms with Crippen LogP contribution in [-0.2, 0) is 14.3 Å². The summed E-state index contributed by atoms with van der Waals surface area (Å²) in [6.45, 7) is 4.99. The fourth-order valence-electron chi connectivity index (χ4n) is 2.37. The number of anilines is 1. The van der Waals surface area contributed by atoms with Gasteiger partial charge in [0.2, 0.25) is 11.7 Å². The molecule has 1 atom stereocenters. The fourth-order valence-corrected chi connectivity index (χ4v) is 3.04.